The van der Waals surface area contributed by atoms with Crippen molar-refractivity contribution in [3.63, 3.8) is 0 Å². The summed E-state index contributed by atoms with van der Waals surface area (Å²) in [5.41, 5.74) is 2.56. The molecule has 0 amide bonds. The summed E-state index contributed by atoms with van der Waals surface area (Å²) in [6.45, 7) is 7.85. The van der Waals surface area contributed by atoms with E-state index < -0.39 is 0 Å². The van der Waals surface area contributed by atoms with Crippen LogP contribution in [0.3, 0.4) is 0 Å². The number of ether oxygens (including phenoxy) is 1. The van der Waals surface area contributed by atoms with Gasteiger partial charge in [-0.1, -0.05) is 24.6 Å². The van der Waals surface area contributed by atoms with Crippen molar-refractivity contribution in [1.29, 1.82) is 0 Å². The van der Waals surface area contributed by atoms with Crippen molar-refractivity contribution >= 4 is 0 Å². The minimum Gasteiger partial charge on any atom is -0.496 e. The third kappa shape index (κ3) is 3.58. The van der Waals surface area contributed by atoms with Gasteiger partial charge in [0.05, 0.1) is 7.11 Å². The summed E-state index contributed by atoms with van der Waals surface area (Å²) in [5.74, 6) is 0.986. The van der Waals surface area contributed by atoms with Gasteiger partial charge in [-0.2, -0.15) is 0 Å². The molecule has 0 saturated carbocycles. The van der Waals surface area contributed by atoms with Gasteiger partial charge in [-0.25, -0.2) is 0 Å². The molecule has 1 saturated heterocycles. The molecule has 0 bridgehead atoms. The van der Waals surface area contributed by atoms with Gasteiger partial charge in [-0.05, 0) is 46.2 Å². The molecule has 2 rings (SSSR count). The maximum absolute atomic E-state index is 5.57. The van der Waals surface area contributed by atoms with E-state index in [1.807, 2.05) is 7.05 Å². The van der Waals surface area contributed by atoms with Crippen LogP contribution in [0.25, 0.3) is 0 Å². The van der Waals surface area contributed by atoms with Crippen LogP contribution in [-0.2, 0) is 0 Å². The van der Waals surface area contributed by atoms with Crippen LogP contribution < -0.4 is 10.1 Å². The second-order valence-electron chi connectivity index (χ2n) is 6.27. The van der Waals surface area contributed by atoms with Gasteiger partial charge in [0.15, 0.2) is 0 Å². The lowest BCUT2D eigenvalue weighted by atomic mass is 10.0. The number of benzene rings is 1. The number of rotatable bonds is 6. The third-order valence-electron chi connectivity index (χ3n) is 4.93. The molecule has 0 spiro atoms. The summed E-state index contributed by atoms with van der Waals surface area (Å²) in [6, 6.07) is 8.17. The quantitative estimate of drug-likeness (QED) is 0.867. The van der Waals surface area contributed by atoms with Gasteiger partial charge in [0.1, 0.15) is 5.75 Å². The summed E-state index contributed by atoms with van der Waals surface area (Å²) in [4.78, 5) is 2.67. The minimum atomic E-state index is 0.314. The molecule has 118 valence electrons. The first-order valence-corrected chi connectivity index (χ1v) is 8.18. The highest BCUT2D eigenvalue weighted by Gasteiger charge is 2.31. The predicted molar refractivity (Wildman–Crippen MR) is 89.0 cm³/mol. The Labute approximate surface area is 129 Å². The molecule has 1 N–H and O–H groups in total. The predicted octanol–water partition coefficient (Wildman–Crippen LogP) is 3.53. The fourth-order valence-electron chi connectivity index (χ4n) is 3.57. The first kappa shape index (κ1) is 16.3. The summed E-state index contributed by atoms with van der Waals surface area (Å²) < 4.78 is 5.57. The van der Waals surface area contributed by atoms with E-state index in [1.54, 1.807) is 7.11 Å². The maximum atomic E-state index is 5.57. The van der Waals surface area contributed by atoms with Crippen LogP contribution in [0.4, 0.5) is 0 Å². The number of likely N-dealkylation sites (N-methyl/N-ethyl adjacent to an activating group) is 1. The lowest BCUT2D eigenvalue weighted by molar-refractivity contribution is 0.178. The summed E-state index contributed by atoms with van der Waals surface area (Å²) in [6.07, 6.45) is 3.89. The van der Waals surface area contributed by atoms with Gasteiger partial charge in [0, 0.05) is 30.2 Å². The number of aryl methyl sites for hydroxylation is 1. The van der Waals surface area contributed by atoms with Gasteiger partial charge in [0.2, 0.25) is 0 Å². The number of nitrogens with zero attached hydrogens (tertiary/aromatic N) is 1. The Morgan fingerprint density at radius 1 is 1.38 bits per heavy atom. The fourth-order valence-corrected chi connectivity index (χ4v) is 3.57. The maximum Gasteiger partial charge on any atom is 0.123 e. The molecule has 1 heterocycles. The highest BCUT2D eigenvalue weighted by Crippen LogP contribution is 2.31. The zero-order valence-electron chi connectivity index (χ0n) is 14.1. The van der Waals surface area contributed by atoms with E-state index in [4.69, 9.17) is 4.74 Å². The van der Waals surface area contributed by atoms with Gasteiger partial charge >= 0.3 is 0 Å². The van der Waals surface area contributed by atoms with Crippen molar-refractivity contribution in [1.82, 2.24) is 10.2 Å². The van der Waals surface area contributed by atoms with Gasteiger partial charge in [-0.15, -0.1) is 0 Å². The lowest BCUT2D eigenvalue weighted by Crippen LogP contribution is -2.40. The van der Waals surface area contributed by atoms with E-state index in [2.05, 4.69) is 49.2 Å². The average molecular weight is 290 g/mol. The highest BCUT2D eigenvalue weighted by atomic mass is 16.5. The topological polar surface area (TPSA) is 24.5 Å². The number of hydrogen-bond donors (Lipinski definition) is 1. The molecular weight excluding hydrogens is 260 g/mol. The van der Waals surface area contributed by atoms with E-state index in [-0.39, 0.29) is 0 Å². The van der Waals surface area contributed by atoms with Gasteiger partial charge < -0.3 is 10.1 Å². The Kier molecular flexibility index (Phi) is 5.65. The van der Waals surface area contributed by atoms with E-state index in [1.165, 1.54) is 30.4 Å². The molecule has 3 nitrogen and oxygen atoms in total. The Bertz CT molecular complexity index is 461. The van der Waals surface area contributed by atoms with Gasteiger partial charge in [-0.3, -0.25) is 4.90 Å². The molecule has 1 aromatic rings. The van der Waals surface area contributed by atoms with E-state index >= 15 is 0 Å². The Hall–Kier alpha value is -1.06. The monoisotopic (exact) mass is 290 g/mol. The summed E-state index contributed by atoms with van der Waals surface area (Å²) in [7, 11) is 3.81. The van der Waals surface area contributed by atoms with Gasteiger partial charge in [0.25, 0.3) is 0 Å². The highest BCUT2D eigenvalue weighted by molar-refractivity contribution is 5.39. The normalized spacial score (nSPS) is 24.2. The van der Waals surface area contributed by atoms with Crippen molar-refractivity contribution < 1.29 is 4.74 Å². The molecule has 3 unspecified atom stereocenters. The molecule has 1 aliphatic rings. The average Bonchev–Trinajstić information content (AvgIpc) is 2.85. The molecule has 0 aromatic heterocycles. The van der Waals surface area contributed by atoms with Crippen LogP contribution >= 0.6 is 0 Å². The van der Waals surface area contributed by atoms with Crippen LogP contribution in [0.15, 0.2) is 18.2 Å². The number of likely N-dealkylation sites (tertiary alicyclic amines) is 1. The Balaban J connectivity index is 2.21. The molecular formula is C18H30N2O. The fraction of sp³-hybridized carbons (Fsp3) is 0.667. The SMILES string of the molecule is CCC1CCC(C)N1CC(NC)c1cc(C)ccc1OC. The van der Waals surface area contributed by atoms with Crippen molar-refractivity contribution in [2.24, 2.45) is 0 Å². The van der Waals surface area contributed by atoms with Crippen molar-refractivity contribution in [3.05, 3.63) is 29.3 Å². The van der Waals surface area contributed by atoms with Crippen LogP contribution in [0.5, 0.6) is 5.75 Å². The Morgan fingerprint density at radius 2 is 2.14 bits per heavy atom. The minimum absolute atomic E-state index is 0.314. The standard InChI is InChI=1S/C18H30N2O/c1-6-15-9-8-14(3)20(15)12-17(19-4)16-11-13(2)7-10-18(16)21-5/h7,10-11,14-15,17,19H,6,8-9,12H2,1-5H3. The second-order valence-corrected chi connectivity index (χ2v) is 6.27. The van der Waals surface area contributed by atoms with E-state index in [9.17, 15) is 0 Å². The molecule has 1 aliphatic heterocycles. The summed E-state index contributed by atoms with van der Waals surface area (Å²) >= 11 is 0. The van der Waals surface area contributed by atoms with Crippen LogP contribution in [0.1, 0.15) is 50.3 Å². The zero-order chi connectivity index (χ0) is 15.4. The first-order chi connectivity index (χ1) is 10.1. The van der Waals surface area contributed by atoms with Crippen molar-refractivity contribution in [2.45, 2.75) is 58.2 Å². The summed E-state index contributed by atoms with van der Waals surface area (Å²) in [5, 5.41) is 3.49. The molecule has 0 radical (unpaired) electrons. The van der Waals surface area contributed by atoms with Crippen LogP contribution in [0, 0.1) is 6.92 Å². The van der Waals surface area contributed by atoms with E-state index in [0.717, 1.165) is 18.3 Å². The largest absolute Gasteiger partial charge is 0.496 e. The molecule has 3 heteroatoms. The third-order valence-corrected chi connectivity index (χ3v) is 4.93. The number of nitrogens with one attached hydrogen (secondary N) is 1. The van der Waals surface area contributed by atoms with Crippen LogP contribution in [0.2, 0.25) is 0 Å². The number of hydrogen-bond acceptors (Lipinski definition) is 3. The zero-order valence-corrected chi connectivity index (χ0v) is 14.1. The smallest absolute Gasteiger partial charge is 0.123 e. The molecule has 3 atom stereocenters. The second kappa shape index (κ2) is 7.28. The lowest BCUT2D eigenvalue weighted by Gasteiger charge is -2.32. The Morgan fingerprint density at radius 3 is 2.76 bits per heavy atom. The molecule has 0 aliphatic carbocycles. The molecule has 21 heavy (non-hydrogen) atoms. The van der Waals surface area contributed by atoms with Crippen molar-refractivity contribution in [3.8, 4) is 5.75 Å². The first-order valence-electron chi connectivity index (χ1n) is 8.18. The van der Waals surface area contributed by atoms with Crippen molar-refractivity contribution in [2.75, 3.05) is 20.7 Å². The molecule has 1 fully saturated rings. The number of methoxy groups -OCH3 is 1. The van der Waals surface area contributed by atoms with Crippen LogP contribution in [-0.4, -0.2) is 37.7 Å². The molecule has 1 aromatic carbocycles. The van der Waals surface area contributed by atoms with E-state index in [0.29, 0.717) is 12.1 Å².